The number of hydrogen-bond acceptors (Lipinski definition) is 3. The van der Waals surface area contributed by atoms with Crippen molar-refractivity contribution in [3.05, 3.63) is 0 Å². The van der Waals surface area contributed by atoms with Crippen LogP contribution < -0.4 is 5.32 Å². The van der Waals surface area contributed by atoms with E-state index in [0.29, 0.717) is 6.54 Å². The normalized spacial score (nSPS) is 21.1. The van der Waals surface area contributed by atoms with Gasteiger partial charge in [-0.05, 0) is 12.8 Å². The molecule has 0 aromatic rings. The van der Waals surface area contributed by atoms with Gasteiger partial charge in [-0.15, -0.1) is 0 Å². The van der Waals surface area contributed by atoms with Crippen LogP contribution in [0.15, 0.2) is 0 Å². The standard InChI is InChI=1S/C12H24N2O2/c1-4-10(5-2)12(15)14(3)9-11-8-13-6-7-16-11/h10-11,13H,4-9H2,1-3H3. The molecule has 1 atom stereocenters. The van der Waals surface area contributed by atoms with Crippen LogP contribution in [-0.4, -0.2) is 50.2 Å². The molecule has 1 aliphatic rings. The molecule has 0 aromatic carbocycles. The number of nitrogens with zero attached hydrogens (tertiary/aromatic N) is 1. The summed E-state index contributed by atoms with van der Waals surface area (Å²) in [5, 5.41) is 3.27. The molecule has 0 spiro atoms. The highest BCUT2D eigenvalue weighted by Crippen LogP contribution is 2.11. The van der Waals surface area contributed by atoms with Gasteiger partial charge in [0.25, 0.3) is 0 Å². The fraction of sp³-hybridized carbons (Fsp3) is 0.917. The van der Waals surface area contributed by atoms with Gasteiger partial charge in [0.05, 0.1) is 12.7 Å². The molecule has 1 amide bonds. The second kappa shape index (κ2) is 6.86. The van der Waals surface area contributed by atoms with Crippen LogP contribution >= 0.6 is 0 Å². The molecule has 0 aliphatic carbocycles. The van der Waals surface area contributed by atoms with Gasteiger partial charge in [0.15, 0.2) is 0 Å². The van der Waals surface area contributed by atoms with Crippen molar-refractivity contribution in [1.82, 2.24) is 10.2 Å². The number of nitrogens with one attached hydrogen (secondary N) is 1. The summed E-state index contributed by atoms with van der Waals surface area (Å²) < 4.78 is 5.59. The summed E-state index contributed by atoms with van der Waals surface area (Å²) in [6, 6.07) is 0. The second-order valence-corrected chi connectivity index (χ2v) is 4.43. The van der Waals surface area contributed by atoms with E-state index in [9.17, 15) is 4.79 Å². The first kappa shape index (κ1) is 13.5. The summed E-state index contributed by atoms with van der Waals surface area (Å²) in [5.41, 5.74) is 0. The van der Waals surface area contributed by atoms with Gasteiger partial charge in [0.2, 0.25) is 5.91 Å². The average Bonchev–Trinajstić information content (AvgIpc) is 2.31. The van der Waals surface area contributed by atoms with Crippen LogP contribution in [-0.2, 0) is 9.53 Å². The van der Waals surface area contributed by atoms with Crippen molar-refractivity contribution in [2.24, 2.45) is 5.92 Å². The van der Waals surface area contributed by atoms with Gasteiger partial charge < -0.3 is 15.0 Å². The predicted octanol–water partition coefficient (Wildman–Crippen LogP) is 0.869. The fourth-order valence-corrected chi connectivity index (χ4v) is 2.08. The van der Waals surface area contributed by atoms with E-state index in [2.05, 4.69) is 19.2 Å². The molecular weight excluding hydrogens is 204 g/mol. The molecule has 1 N–H and O–H groups in total. The number of carbonyl (C=O) groups is 1. The minimum atomic E-state index is 0.150. The fourth-order valence-electron chi connectivity index (χ4n) is 2.08. The van der Waals surface area contributed by atoms with Crippen molar-refractivity contribution < 1.29 is 9.53 Å². The van der Waals surface area contributed by atoms with Crippen LogP contribution in [0.25, 0.3) is 0 Å². The third-order valence-corrected chi connectivity index (χ3v) is 3.19. The van der Waals surface area contributed by atoms with E-state index in [0.717, 1.165) is 32.5 Å². The van der Waals surface area contributed by atoms with E-state index in [1.165, 1.54) is 0 Å². The molecule has 0 saturated carbocycles. The second-order valence-electron chi connectivity index (χ2n) is 4.43. The zero-order valence-electron chi connectivity index (χ0n) is 10.7. The van der Waals surface area contributed by atoms with Crippen LogP contribution in [0, 0.1) is 5.92 Å². The van der Waals surface area contributed by atoms with E-state index in [4.69, 9.17) is 4.74 Å². The van der Waals surface area contributed by atoms with E-state index < -0.39 is 0 Å². The van der Waals surface area contributed by atoms with Crippen molar-refractivity contribution in [2.45, 2.75) is 32.8 Å². The zero-order valence-corrected chi connectivity index (χ0v) is 10.7. The van der Waals surface area contributed by atoms with Gasteiger partial charge in [0.1, 0.15) is 0 Å². The summed E-state index contributed by atoms with van der Waals surface area (Å²) in [6.45, 7) is 7.35. The average molecular weight is 228 g/mol. The Morgan fingerprint density at radius 3 is 2.69 bits per heavy atom. The number of likely N-dealkylation sites (N-methyl/N-ethyl adjacent to an activating group) is 1. The topological polar surface area (TPSA) is 41.6 Å². The molecule has 4 nitrogen and oxygen atoms in total. The van der Waals surface area contributed by atoms with E-state index >= 15 is 0 Å². The molecule has 1 heterocycles. The first-order valence-corrected chi connectivity index (χ1v) is 6.26. The van der Waals surface area contributed by atoms with Crippen molar-refractivity contribution in [1.29, 1.82) is 0 Å². The first-order chi connectivity index (χ1) is 7.69. The molecule has 4 heteroatoms. The molecule has 1 saturated heterocycles. The molecule has 16 heavy (non-hydrogen) atoms. The number of ether oxygens (including phenoxy) is 1. The van der Waals surface area contributed by atoms with Crippen LogP contribution in [0.3, 0.4) is 0 Å². The maximum absolute atomic E-state index is 12.0. The van der Waals surface area contributed by atoms with Gasteiger partial charge >= 0.3 is 0 Å². The van der Waals surface area contributed by atoms with Gasteiger partial charge in [-0.2, -0.15) is 0 Å². The zero-order chi connectivity index (χ0) is 12.0. The molecule has 1 aliphatic heterocycles. The predicted molar refractivity (Wildman–Crippen MR) is 64.3 cm³/mol. The van der Waals surface area contributed by atoms with Crippen LogP contribution in [0.1, 0.15) is 26.7 Å². The number of morpholine rings is 1. The Morgan fingerprint density at radius 1 is 1.50 bits per heavy atom. The largest absolute Gasteiger partial charge is 0.374 e. The molecule has 94 valence electrons. The van der Waals surface area contributed by atoms with Crippen molar-refractivity contribution >= 4 is 5.91 Å². The van der Waals surface area contributed by atoms with Crippen molar-refractivity contribution in [3.63, 3.8) is 0 Å². The molecule has 0 aromatic heterocycles. The Bertz CT molecular complexity index is 211. The minimum Gasteiger partial charge on any atom is -0.374 e. The summed E-state index contributed by atoms with van der Waals surface area (Å²) in [7, 11) is 1.87. The first-order valence-electron chi connectivity index (χ1n) is 6.26. The minimum absolute atomic E-state index is 0.150. The van der Waals surface area contributed by atoms with Crippen LogP contribution in [0.4, 0.5) is 0 Å². The SMILES string of the molecule is CCC(CC)C(=O)N(C)CC1CNCCO1. The summed E-state index contributed by atoms with van der Waals surface area (Å²) in [6.07, 6.45) is 1.99. The summed E-state index contributed by atoms with van der Waals surface area (Å²) in [5.74, 6) is 0.417. The maximum atomic E-state index is 12.0. The molecule has 1 fully saturated rings. The monoisotopic (exact) mass is 228 g/mol. The van der Waals surface area contributed by atoms with E-state index in [-0.39, 0.29) is 17.9 Å². The third kappa shape index (κ3) is 3.76. The van der Waals surface area contributed by atoms with Gasteiger partial charge in [-0.3, -0.25) is 4.79 Å². The summed E-state index contributed by atoms with van der Waals surface area (Å²) in [4.78, 5) is 13.8. The Morgan fingerprint density at radius 2 is 2.19 bits per heavy atom. The van der Waals surface area contributed by atoms with Crippen LogP contribution in [0.5, 0.6) is 0 Å². The highest BCUT2D eigenvalue weighted by atomic mass is 16.5. The van der Waals surface area contributed by atoms with Gasteiger partial charge in [-0.1, -0.05) is 13.8 Å². The van der Waals surface area contributed by atoms with E-state index in [1.807, 2.05) is 11.9 Å². The Hall–Kier alpha value is -0.610. The Labute approximate surface area is 98.3 Å². The number of hydrogen-bond donors (Lipinski definition) is 1. The lowest BCUT2D eigenvalue weighted by Gasteiger charge is -2.29. The highest BCUT2D eigenvalue weighted by Gasteiger charge is 2.22. The van der Waals surface area contributed by atoms with E-state index in [1.54, 1.807) is 0 Å². The number of rotatable bonds is 5. The lowest BCUT2D eigenvalue weighted by molar-refractivity contribution is -0.136. The smallest absolute Gasteiger partial charge is 0.225 e. The van der Waals surface area contributed by atoms with Gasteiger partial charge in [0, 0.05) is 32.6 Å². The third-order valence-electron chi connectivity index (χ3n) is 3.19. The molecule has 1 rings (SSSR count). The number of carbonyl (C=O) groups excluding carboxylic acids is 1. The Balaban J connectivity index is 2.37. The van der Waals surface area contributed by atoms with Crippen LogP contribution in [0.2, 0.25) is 0 Å². The lowest BCUT2D eigenvalue weighted by atomic mass is 10.0. The molecule has 1 unspecified atom stereocenters. The summed E-state index contributed by atoms with van der Waals surface area (Å²) >= 11 is 0. The molecule has 0 radical (unpaired) electrons. The highest BCUT2D eigenvalue weighted by molar-refractivity contribution is 5.78. The Kier molecular flexibility index (Phi) is 5.77. The molecule has 0 bridgehead atoms. The maximum Gasteiger partial charge on any atom is 0.225 e. The van der Waals surface area contributed by atoms with Gasteiger partial charge in [-0.25, -0.2) is 0 Å². The van der Waals surface area contributed by atoms with Crippen molar-refractivity contribution in [3.8, 4) is 0 Å². The quantitative estimate of drug-likeness (QED) is 0.759. The molecular formula is C12H24N2O2. The number of amides is 1. The van der Waals surface area contributed by atoms with Crippen molar-refractivity contribution in [2.75, 3.05) is 33.3 Å². The lowest BCUT2D eigenvalue weighted by Crippen LogP contribution is -2.46.